The fourth-order valence-electron chi connectivity index (χ4n) is 7.67. The van der Waals surface area contributed by atoms with Crippen molar-refractivity contribution in [2.75, 3.05) is 0 Å². The highest BCUT2D eigenvalue weighted by Crippen LogP contribution is 2.45. The van der Waals surface area contributed by atoms with Crippen LogP contribution in [0.1, 0.15) is 104 Å². The molecule has 0 saturated heterocycles. The summed E-state index contributed by atoms with van der Waals surface area (Å²) < 4.78 is 87.1. The standard InChI is InChI=1S/C56H57N3O/c1-35-20-22-38(23-21-35)40-26-27-57-48(32-40)42-29-41(30-43(31-42)54(3,4)5)45-18-15-19-50-51(45)58-53(46-33-44(55(6,7)8)34-47(52(46)60)56(9,10)11)59(50)49-25-24-39(28-36(49)2)37-16-13-12-14-17-37/h12-34,60H,1-11H3/i1D3,2D3,20D,21D,22D,23D. The number of fused-ring (bicyclic) bond motifs is 1. The third-order valence-corrected chi connectivity index (χ3v) is 11.1. The highest BCUT2D eigenvalue weighted by atomic mass is 16.3. The molecule has 0 spiro atoms. The topological polar surface area (TPSA) is 50.9 Å². The van der Waals surface area contributed by atoms with Crippen LogP contribution >= 0.6 is 0 Å². The predicted molar refractivity (Wildman–Crippen MR) is 253 cm³/mol. The molecule has 0 aliphatic heterocycles. The van der Waals surface area contributed by atoms with Crippen LogP contribution in [0.5, 0.6) is 5.75 Å². The Bertz CT molecular complexity index is 3320. The summed E-state index contributed by atoms with van der Waals surface area (Å²) in [5.41, 5.74) is 7.47. The Morgan fingerprint density at radius 2 is 1.27 bits per heavy atom. The largest absolute Gasteiger partial charge is 0.507 e. The fourth-order valence-corrected chi connectivity index (χ4v) is 7.67. The van der Waals surface area contributed by atoms with E-state index < -0.39 is 48.9 Å². The van der Waals surface area contributed by atoms with Gasteiger partial charge in [-0.3, -0.25) is 9.55 Å². The van der Waals surface area contributed by atoms with Gasteiger partial charge in [-0.25, -0.2) is 4.98 Å². The molecule has 0 fully saturated rings. The minimum atomic E-state index is -2.85. The van der Waals surface area contributed by atoms with Gasteiger partial charge in [0.05, 0.1) is 33.5 Å². The van der Waals surface area contributed by atoms with Crippen LogP contribution in [0.2, 0.25) is 0 Å². The number of pyridine rings is 1. The molecule has 8 aromatic rings. The second kappa shape index (κ2) is 15.1. The predicted octanol–water partition coefficient (Wildman–Crippen LogP) is 15.0. The molecule has 60 heavy (non-hydrogen) atoms. The molecule has 0 amide bonds. The van der Waals surface area contributed by atoms with Gasteiger partial charge in [-0.05, 0) is 123 Å². The maximum absolute atomic E-state index is 12.4. The van der Waals surface area contributed by atoms with Crippen molar-refractivity contribution in [1.82, 2.24) is 14.5 Å². The fraction of sp³-hybridized carbons (Fsp3) is 0.250. The second-order valence-corrected chi connectivity index (χ2v) is 18.7. The number of phenolic OH excluding ortho intramolecular Hbond substituents is 1. The number of hydrogen-bond acceptors (Lipinski definition) is 3. The summed E-state index contributed by atoms with van der Waals surface area (Å²) in [6, 6.07) is 32.1. The van der Waals surface area contributed by atoms with Crippen LogP contribution in [0.15, 0.2) is 140 Å². The van der Waals surface area contributed by atoms with Crippen molar-refractivity contribution in [3.8, 4) is 67.5 Å². The Morgan fingerprint density at radius 1 is 0.567 bits per heavy atom. The average molecular weight is 798 g/mol. The number of para-hydroxylation sites is 1. The van der Waals surface area contributed by atoms with Crippen molar-refractivity contribution in [2.24, 2.45) is 0 Å². The normalized spacial score (nSPS) is 15.2. The third-order valence-electron chi connectivity index (χ3n) is 11.1. The lowest BCUT2D eigenvalue weighted by Gasteiger charge is -2.27. The monoisotopic (exact) mass is 798 g/mol. The molecule has 6 aromatic carbocycles. The van der Waals surface area contributed by atoms with E-state index in [2.05, 4.69) is 47.6 Å². The quantitative estimate of drug-likeness (QED) is 0.182. The molecule has 0 atom stereocenters. The molecule has 2 heterocycles. The summed E-state index contributed by atoms with van der Waals surface area (Å²) in [6.45, 7) is 13.4. The average Bonchev–Trinajstić information content (AvgIpc) is 3.66. The Kier molecular flexibility index (Phi) is 7.51. The van der Waals surface area contributed by atoms with Gasteiger partial charge in [0.2, 0.25) is 0 Å². The molecular formula is C56H57N3O. The number of hydrogen-bond donors (Lipinski definition) is 1. The Morgan fingerprint density at radius 3 is 1.95 bits per heavy atom. The van der Waals surface area contributed by atoms with Crippen molar-refractivity contribution in [1.29, 1.82) is 0 Å². The van der Waals surface area contributed by atoms with E-state index in [0.29, 0.717) is 44.9 Å². The van der Waals surface area contributed by atoms with E-state index in [0.717, 1.165) is 38.9 Å². The van der Waals surface area contributed by atoms with E-state index in [9.17, 15) is 5.11 Å². The SMILES string of the molecule is [2H]c1c([2H])c(C([2H])([2H])[2H])c([2H])c([2H])c1-c1ccnc(-c2cc(-c3cccc4c3nc(-c3cc(C(C)(C)C)cc(C(C)(C)C)c3O)n4-c3ccc(-c4ccccc4)cc3C([2H])([2H])[2H])cc(C(C)(C)C)c2)c1. The molecule has 2 aromatic heterocycles. The smallest absolute Gasteiger partial charge is 0.149 e. The van der Waals surface area contributed by atoms with Gasteiger partial charge in [0, 0.05) is 31.1 Å². The van der Waals surface area contributed by atoms with Crippen molar-refractivity contribution >= 4 is 11.0 Å². The van der Waals surface area contributed by atoms with Gasteiger partial charge in [0.15, 0.2) is 0 Å². The molecule has 1 N–H and O–H groups in total. The summed E-state index contributed by atoms with van der Waals surface area (Å²) in [5, 5.41) is 12.4. The molecule has 0 aliphatic carbocycles. The molecule has 4 nitrogen and oxygen atoms in total. The van der Waals surface area contributed by atoms with Crippen LogP contribution < -0.4 is 0 Å². The van der Waals surface area contributed by atoms with Crippen LogP contribution in [-0.2, 0) is 16.2 Å². The molecule has 4 heteroatoms. The Hall–Kier alpha value is -6.26. The Balaban J connectivity index is 1.43. The first-order valence-corrected chi connectivity index (χ1v) is 20.3. The molecular weight excluding hydrogens is 731 g/mol. The molecule has 0 unspecified atom stereocenters. The number of benzene rings is 6. The maximum atomic E-state index is 12.4. The van der Waals surface area contributed by atoms with E-state index in [1.807, 2.05) is 110 Å². The van der Waals surface area contributed by atoms with E-state index >= 15 is 0 Å². The number of rotatable bonds is 6. The highest BCUT2D eigenvalue weighted by Gasteiger charge is 2.29. The van der Waals surface area contributed by atoms with Gasteiger partial charge < -0.3 is 5.11 Å². The van der Waals surface area contributed by atoms with E-state index in [1.165, 1.54) is 6.20 Å². The van der Waals surface area contributed by atoms with E-state index in [1.54, 1.807) is 18.2 Å². The number of imidazole rings is 1. The Labute approximate surface area is 370 Å². The highest BCUT2D eigenvalue weighted by molar-refractivity contribution is 5.97. The first-order chi connectivity index (χ1) is 32.5. The van der Waals surface area contributed by atoms with Crippen molar-refractivity contribution in [3.63, 3.8) is 0 Å². The van der Waals surface area contributed by atoms with E-state index in [-0.39, 0.29) is 27.7 Å². The zero-order valence-electron chi connectivity index (χ0n) is 45.8. The summed E-state index contributed by atoms with van der Waals surface area (Å²) >= 11 is 0. The van der Waals surface area contributed by atoms with Gasteiger partial charge >= 0.3 is 0 Å². The second-order valence-electron chi connectivity index (χ2n) is 18.7. The van der Waals surface area contributed by atoms with Crippen LogP contribution in [-0.4, -0.2) is 19.6 Å². The van der Waals surface area contributed by atoms with Crippen molar-refractivity contribution < 1.29 is 18.8 Å². The zero-order chi connectivity index (χ0) is 51.2. The van der Waals surface area contributed by atoms with Gasteiger partial charge in [-0.1, -0.05) is 153 Å². The lowest BCUT2D eigenvalue weighted by Crippen LogP contribution is -2.17. The molecule has 0 saturated carbocycles. The number of aromatic hydroxyl groups is 1. The number of nitrogens with zero attached hydrogens (tertiary/aromatic N) is 3. The van der Waals surface area contributed by atoms with Crippen LogP contribution in [0.25, 0.3) is 72.7 Å². The summed E-state index contributed by atoms with van der Waals surface area (Å²) in [4.78, 5) is 10.2. The van der Waals surface area contributed by atoms with Gasteiger partial charge in [0.1, 0.15) is 11.6 Å². The first-order valence-electron chi connectivity index (χ1n) is 25.3. The summed E-state index contributed by atoms with van der Waals surface area (Å²) in [5.74, 6) is 0.410. The number of phenols is 1. The van der Waals surface area contributed by atoms with Crippen LogP contribution in [0.4, 0.5) is 0 Å². The maximum Gasteiger partial charge on any atom is 0.149 e. The summed E-state index contributed by atoms with van der Waals surface area (Å²) in [7, 11) is 0. The van der Waals surface area contributed by atoms with Crippen LogP contribution in [0.3, 0.4) is 0 Å². The van der Waals surface area contributed by atoms with Crippen molar-refractivity contribution in [2.45, 2.75) is 92.3 Å². The van der Waals surface area contributed by atoms with E-state index in [4.69, 9.17) is 23.7 Å². The lowest BCUT2D eigenvalue weighted by atomic mass is 9.79. The molecule has 8 rings (SSSR count). The van der Waals surface area contributed by atoms with Crippen LogP contribution in [0, 0.1) is 13.7 Å². The molecule has 0 radical (unpaired) electrons. The number of aryl methyl sites for hydroxylation is 1. The first kappa shape index (κ1) is 29.9. The van der Waals surface area contributed by atoms with Crippen molar-refractivity contribution in [3.05, 3.63) is 167 Å². The van der Waals surface area contributed by atoms with Gasteiger partial charge in [0.25, 0.3) is 0 Å². The summed E-state index contributed by atoms with van der Waals surface area (Å²) in [6.07, 6.45) is 1.53. The lowest BCUT2D eigenvalue weighted by molar-refractivity contribution is 0.446. The minimum absolute atomic E-state index is 0.0386. The molecule has 302 valence electrons. The molecule has 0 aliphatic rings. The zero-order valence-corrected chi connectivity index (χ0v) is 35.8. The third kappa shape index (κ3) is 7.79. The van der Waals surface area contributed by atoms with Gasteiger partial charge in [-0.15, -0.1) is 0 Å². The van der Waals surface area contributed by atoms with Gasteiger partial charge in [-0.2, -0.15) is 0 Å². The number of aromatic nitrogens is 3. The minimum Gasteiger partial charge on any atom is -0.507 e. The molecule has 0 bridgehead atoms.